The first-order valence-corrected chi connectivity index (χ1v) is 47.2. The van der Waals surface area contributed by atoms with E-state index in [1.165, 1.54) is 33.4 Å². The summed E-state index contributed by atoms with van der Waals surface area (Å²) in [4.78, 5) is 0. The first-order chi connectivity index (χ1) is 43.6. The minimum Gasteiger partial charge on any atom is -0.0587 e. The van der Waals surface area contributed by atoms with E-state index in [1.807, 2.05) is 10.4 Å². The third kappa shape index (κ3) is 16.7. The van der Waals surface area contributed by atoms with Gasteiger partial charge >= 0.3 is 0 Å². The van der Waals surface area contributed by atoms with Gasteiger partial charge in [-0.25, -0.2) is 0 Å². The summed E-state index contributed by atoms with van der Waals surface area (Å²) in [6, 6.07) is 33.7. The Bertz CT molecular complexity index is 3120. The molecular formula is C90H138Si4. The van der Waals surface area contributed by atoms with Gasteiger partial charge in [0.1, 0.15) is 0 Å². The van der Waals surface area contributed by atoms with Crippen LogP contribution in [0.25, 0.3) is 0 Å². The van der Waals surface area contributed by atoms with Crippen LogP contribution in [0.3, 0.4) is 0 Å². The molecule has 0 aromatic heterocycles. The van der Waals surface area contributed by atoms with E-state index >= 15 is 0 Å². The van der Waals surface area contributed by atoms with Crippen LogP contribution in [0.4, 0.5) is 0 Å². The topological polar surface area (TPSA) is 0 Å². The lowest BCUT2D eigenvalue weighted by Gasteiger charge is -2.37. The van der Waals surface area contributed by atoms with Gasteiger partial charge in [-0.15, -0.1) is 0 Å². The SMILES string of the molecule is CC(C)c1cc(C(C)C)c([Si](c2c(C(C)C)cc(C(C)C)cc2C(C)C)=[Si](c2c(C(C)C)cc(C(C)C)cc2C(C)C)[Si](c2c(C(C)C)cc(C(C)C)cc2C(C)C)=[Si](c2c(C(C)C)cc(C(C)C)cc2C(C)C)c2c(C(C)C)cc(C(C)C)cc2C(C)C)c(C(C)C)c1. The van der Waals surface area contributed by atoms with Crippen molar-refractivity contribution in [2.45, 2.75) is 356 Å². The van der Waals surface area contributed by atoms with Crippen molar-refractivity contribution in [2.75, 3.05) is 0 Å². The number of hydrogen-bond donors (Lipinski definition) is 0. The molecule has 0 saturated carbocycles. The standard InChI is InChI=1S/C90H138Si4/c1-49(2)67-37-73(55(13)14)85(74(38-67)56(15)16)91(86-75(57(17)18)39-68(50(3)4)40-76(86)58(19)20)93(89-81(63(29)30)45-71(53(9)10)46-82(89)64(31)32)94(90-83(65(33)34)47-72(54(11)12)48-84(90)66(35)36)92(87-77(59(21)22)41-69(51(5)6)42-78(87)60(23)24)88-79(61(25)26)43-70(52(7)8)44-80(88)62(27)28/h37-66H,1-36H3. The maximum absolute atomic E-state index is 2.83. The normalized spacial score (nSPS) is 12.7. The Kier molecular flexibility index (Phi) is 27.3. The molecule has 0 heterocycles. The molecule has 6 aromatic rings. The third-order valence-corrected chi connectivity index (χ3v) is 50.8. The van der Waals surface area contributed by atoms with Crippen LogP contribution in [0.2, 0.25) is 0 Å². The van der Waals surface area contributed by atoms with Crippen LogP contribution in [0.15, 0.2) is 72.8 Å². The molecule has 0 atom stereocenters. The molecule has 4 heteroatoms. The van der Waals surface area contributed by atoms with E-state index < -0.39 is 30.6 Å². The van der Waals surface area contributed by atoms with Gasteiger partial charge in [-0.1, -0.05) is 322 Å². The molecule has 0 fully saturated rings. The van der Waals surface area contributed by atoms with Gasteiger partial charge in [-0.3, -0.25) is 0 Å². The fourth-order valence-electron chi connectivity index (χ4n) is 15.0. The summed E-state index contributed by atoms with van der Waals surface area (Å²) in [5, 5.41) is 10.8. The lowest BCUT2D eigenvalue weighted by Crippen LogP contribution is -2.65. The van der Waals surface area contributed by atoms with Crippen LogP contribution in [0, 0.1) is 0 Å². The van der Waals surface area contributed by atoms with Gasteiger partial charge in [0.15, 0.2) is 0 Å². The molecular weight excluding hydrogens is 1190 g/mol. The molecule has 0 aliphatic heterocycles. The van der Waals surface area contributed by atoms with Crippen LogP contribution in [0.5, 0.6) is 0 Å². The van der Waals surface area contributed by atoms with E-state index in [2.05, 4.69) is 322 Å². The zero-order valence-electron chi connectivity index (χ0n) is 67.3. The molecule has 0 spiro atoms. The third-order valence-electron chi connectivity index (χ3n) is 21.0. The van der Waals surface area contributed by atoms with Gasteiger partial charge in [0.25, 0.3) is 0 Å². The highest BCUT2D eigenvalue weighted by molar-refractivity contribution is 7.53. The van der Waals surface area contributed by atoms with Gasteiger partial charge in [0.2, 0.25) is 0 Å². The van der Waals surface area contributed by atoms with Crippen molar-refractivity contribution in [1.29, 1.82) is 0 Å². The van der Waals surface area contributed by atoms with E-state index in [1.54, 1.807) is 87.5 Å². The number of rotatable bonds is 25. The molecule has 6 aromatic carbocycles. The van der Waals surface area contributed by atoms with E-state index in [9.17, 15) is 0 Å². The molecule has 0 saturated heterocycles. The summed E-state index contributed by atoms with van der Waals surface area (Å²) in [7, 11) is -7.73. The number of hydrogen-bond acceptors (Lipinski definition) is 0. The Hall–Kier alpha value is -3.81. The van der Waals surface area contributed by atoms with Crippen molar-refractivity contribution in [1.82, 2.24) is 0 Å². The maximum Gasteiger partial charge on any atom is 0.0653 e. The van der Waals surface area contributed by atoms with E-state index in [4.69, 9.17) is 0 Å². The second kappa shape index (κ2) is 32.5. The highest BCUT2D eigenvalue weighted by Crippen LogP contribution is 2.36. The minimum absolute atomic E-state index is 0.311. The highest BCUT2D eigenvalue weighted by atomic mass is 29.5. The molecule has 0 nitrogen and oxygen atoms in total. The van der Waals surface area contributed by atoms with Crippen molar-refractivity contribution in [3.8, 4) is 0 Å². The predicted octanol–water partition coefficient (Wildman–Crippen LogP) is 23.9. The fourth-order valence-corrected chi connectivity index (χ4v) is 58.2. The van der Waals surface area contributed by atoms with E-state index in [0.717, 1.165) is 0 Å². The Morgan fingerprint density at radius 1 is 0.138 bits per heavy atom. The second-order valence-corrected chi connectivity index (χ2v) is 52.7. The Morgan fingerprint density at radius 2 is 0.234 bits per heavy atom. The summed E-state index contributed by atoms with van der Waals surface area (Å²) in [6.07, 6.45) is 0. The van der Waals surface area contributed by atoms with E-state index in [0.29, 0.717) is 107 Å². The van der Waals surface area contributed by atoms with Gasteiger partial charge in [0.05, 0.1) is 15.8 Å². The summed E-state index contributed by atoms with van der Waals surface area (Å²) in [5.41, 5.74) is 28.8. The van der Waals surface area contributed by atoms with Crippen molar-refractivity contribution in [2.24, 2.45) is 0 Å². The van der Waals surface area contributed by atoms with Crippen LogP contribution < -0.4 is 31.1 Å². The molecule has 0 amide bonds. The molecule has 0 bridgehead atoms. The van der Waals surface area contributed by atoms with Crippen LogP contribution in [0.1, 0.15) is 456 Å². The fraction of sp³-hybridized carbons (Fsp3) is 0.600. The summed E-state index contributed by atoms with van der Waals surface area (Å²) in [6.45, 7) is 91.9. The zero-order valence-corrected chi connectivity index (χ0v) is 71.3. The smallest absolute Gasteiger partial charge is 0.0587 e. The second-order valence-electron chi connectivity index (χ2n) is 34.7. The van der Waals surface area contributed by atoms with Crippen molar-refractivity contribution >= 4 is 61.7 Å². The average Bonchev–Trinajstić information content (AvgIpc) is 0.708. The quantitative estimate of drug-likeness (QED) is 0.0501. The lowest BCUT2D eigenvalue weighted by molar-refractivity contribution is 0.809. The Labute approximate surface area is 586 Å². The molecule has 94 heavy (non-hydrogen) atoms. The molecule has 0 N–H and O–H groups in total. The highest BCUT2D eigenvalue weighted by Gasteiger charge is 2.40. The molecule has 0 unspecified atom stereocenters. The average molecular weight is 1330 g/mol. The first-order valence-electron chi connectivity index (χ1n) is 38.2. The first kappa shape index (κ1) is 79.2. The largest absolute Gasteiger partial charge is 0.0653 e. The van der Waals surface area contributed by atoms with Gasteiger partial charge in [0, 0.05) is 14.8 Å². The molecule has 514 valence electrons. The van der Waals surface area contributed by atoms with Crippen LogP contribution in [-0.4, -0.2) is 30.6 Å². The maximum atomic E-state index is 2.83. The summed E-state index contributed by atoms with van der Waals surface area (Å²) >= 11 is 0. The molecule has 0 aliphatic rings. The Balaban J connectivity index is 2.60. The summed E-state index contributed by atoms with van der Waals surface area (Å²) in [5.74, 6) is 6.23. The molecule has 0 aliphatic carbocycles. The van der Waals surface area contributed by atoms with E-state index in [-0.39, 0.29) is 0 Å². The molecule has 6 rings (SSSR count). The molecule has 0 radical (unpaired) electrons. The zero-order chi connectivity index (χ0) is 71.0. The predicted molar refractivity (Wildman–Crippen MR) is 433 cm³/mol. The van der Waals surface area contributed by atoms with Crippen LogP contribution >= 0.6 is 0 Å². The van der Waals surface area contributed by atoms with Gasteiger partial charge in [-0.2, -0.15) is 0 Å². The number of benzene rings is 6. The minimum atomic E-state index is -1.94. The summed E-state index contributed by atoms with van der Waals surface area (Å²) < 4.78 is 0. The van der Waals surface area contributed by atoms with Crippen LogP contribution in [-0.2, 0) is 0 Å². The van der Waals surface area contributed by atoms with Crippen molar-refractivity contribution in [3.05, 3.63) is 173 Å². The van der Waals surface area contributed by atoms with Gasteiger partial charge < -0.3 is 0 Å². The van der Waals surface area contributed by atoms with Gasteiger partial charge in [-0.05, 0) is 238 Å². The monoisotopic (exact) mass is 1330 g/mol. The van der Waals surface area contributed by atoms with Crippen molar-refractivity contribution < 1.29 is 0 Å². The Morgan fingerprint density at radius 3 is 0.319 bits per heavy atom. The van der Waals surface area contributed by atoms with Crippen molar-refractivity contribution in [3.63, 3.8) is 0 Å². The lowest BCUT2D eigenvalue weighted by atomic mass is 9.89.